The van der Waals surface area contributed by atoms with E-state index in [4.69, 9.17) is 21.4 Å². The number of aliphatic carboxylic acids is 1. The highest BCUT2D eigenvalue weighted by Gasteiger charge is 2.19. The second kappa shape index (κ2) is 13.6. The van der Waals surface area contributed by atoms with Crippen LogP contribution in [-0.4, -0.2) is 49.2 Å². The van der Waals surface area contributed by atoms with Gasteiger partial charge < -0.3 is 14.9 Å². The van der Waals surface area contributed by atoms with E-state index in [1.165, 1.54) is 24.3 Å². The van der Waals surface area contributed by atoms with Gasteiger partial charge in [-0.25, -0.2) is 13.2 Å². The summed E-state index contributed by atoms with van der Waals surface area (Å²) < 4.78 is 31.5. The van der Waals surface area contributed by atoms with Gasteiger partial charge in [-0.15, -0.1) is 0 Å². The van der Waals surface area contributed by atoms with Crippen LogP contribution < -0.4 is 4.74 Å². The van der Waals surface area contributed by atoms with Crippen LogP contribution in [0.1, 0.15) is 22.8 Å². The quantitative estimate of drug-likeness (QED) is 0.218. The highest BCUT2D eigenvalue weighted by molar-refractivity contribution is 7.91. The van der Waals surface area contributed by atoms with Crippen molar-refractivity contribution >= 4 is 27.4 Å². The zero-order chi connectivity index (χ0) is 28.5. The summed E-state index contributed by atoms with van der Waals surface area (Å²) in [7, 11) is -3.82. The van der Waals surface area contributed by atoms with E-state index >= 15 is 0 Å². The number of ether oxygens (including phenoxy) is 1. The number of benzene rings is 4. The maximum atomic E-state index is 13.2. The highest BCUT2D eigenvalue weighted by Crippen LogP contribution is 2.25. The summed E-state index contributed by atoms with van der Waals surface area (Å²) >= 11 is 6.12. The molecule has 0 unspecified atom stereocenters. The Kier molecular flexibility index (Phi) is 9.95. The third-order valence-electron chi connectivity index (χ3n) is 6.34. The van der Waals surface area contributed by atoms with Gasteiger partial charge in [-0.3, -0.25) is 4.90 Å². The molecule has 208 valence electrons. The SMILES string of the molecule is O=C(O)COc1cccc(S(=O)(=O)c2ccc(CCN(Cc3ccccc3)C[C@@H](O)c3cccc(Cl)c3)cc2)c1. The monoisotopic (exact) mass is 579 g/mol. The third kappa shape index (κ3) is 8.16. The second-order valence-electron chi connectivity index (χ2n) is 9.35. The van der Waals surface area contributed by atoms with Crippen LogP contribution in [0, 0.1) is 0 Å². The van der Waals surface area contributed by atoms with E-state index in [2.05, 4.69) is 4.90 Å². The summed E-state index contributed by atoms with van der Waals surface area (Å²) in [5, 5.41) is 20.3. The third-order valence-corrected chi connectivity index (χ3v) is 8.34. The van der Waals surface area contributed by atoms with E-state index in [9.17, 15) is 18.3 Å². The molecule has 4 aromatic carbocycles. The molecule has 0 aromatic heterocycles. The van der Waals surface area contributed by atoms with Crippen LogP contribution in [0.25, 0.3) is 0 Å². The lowest BCUT2D eigenvalue weighted by Gasteiger charge is -2.25. The van der Waals surface area contributed by atoms with Gasteiger partial charge in [0.15, 0.2) is 6.61 Å². The molecule has 4 rings (SSSR count). The zero-order valence-electron chi connectivity index (χ0n) is 21.7. The minimum atomic E-state index is -3.82. The molecule has 0 aliphatic heterocycles. The molecule has 2 N–H and O–H groups in total. The summed E-state index contributed by atoms with van der Waals surface area (Å²) in [4.78, 5) is 13.1. The number of carbonyl (C=O) groups is 1. The smallest absolute Gasteiger partial charge is 0.341 e. The number of sulfone groups is 1. The molecule has 0 amide bonds. The van der Waals surface area contributed by atoms with E-state index in [1.54, 1.807) is 36.4 Å². The molecule has 0 heterocycles. The van der Waals surface area contributed by atoms with Crippen LogP contribution in [0.4, 0.5) is 0 Å². The topological polar surface area (TPSA) is 104 Å². The molecule has 7 nitrogen and oxygen atoms in total. The molecule has 0 saturated carbocycles. The predicted octanol–water partition coefficient (Wildman–Crippen LogP) is 5.41. The Hall–Kier alpha value is -3.69. The number of aliphatic hydroxyl groups excluding tert-OH is 1. The largest absolute Gasteiger partial charge is 0.482 e. The first-order valence-electron chi connectivity index (χ1n) is 12.7. The molecule has 4 aromatic rings. The van der Waals surface area contributed by atoms with Gasteiger partial charge in [-0.1, -0.05) is 72.3 Å². The van der Waals surface area contributed by atoms with E-state index in [0.29, 0.717) is 31.1 Å². The molecule has 0 aliphatic carbocycles. The van der Waals surface area contributed by atoms with Crippen molar-refractivity contribution < 1.29 is 28.2 Å². The Bertz CT molecular complexity index is 1530. The van der Waals surface area contributed by atoms with Gasteiger partial charge in [0.05, 0.1) is 15.9 Å². The number of hydrogen-bond donors (Lipinski definition) is 2. The molecule has 0 aliphatic rings. The van der Waals surface area contributed by atoms with Crippen molar-refractivity contribution in [3.63, 3.8) is 0 Å². The summed E-state index contributed by atoms with van der Waals surface area (Å²) in [6.45, 7) is 1.13. The molecule has 0 spiro atoms. The fraction of sp³-hybridized carbons (Fsp3) is 0.194. The van der Waals surface area contributed by atoms with Crippen LogP contribution >= 0.6 is 11.6 Å². The van der Waals surface area contributed by atoms with Gasteiger partial charge in [0.1, 0.15) is 5.75 Å². The van der Waals surface area contributed by atoms with E-state index in [1.807, 2.05) is 42.5 Å². The second-order valence-corrected chi connectivity index (χ2v) is 11.7. The maximum Gasteiger partial charge on any atom is 0.341 e. The Morgan fingerprint density at radius 1 is 0.850 bits per heavy atom. The summed E-state index contributed by atoms with van der Waals surface area (Å²) in [5.41, 5.74) is 2.82. The van der Waals surface area contributed by atoms with Gasteiger partial charge in [0.2, 0.25) is 9.84 Å². The molecule has 40 heavy (non-hydrogen) atoms. The number of nitrogens with zero attached hydrogens (tertiary/aromatic N) is 1. The Morgan fingerprint density at radius 2 is 1.57 bits per heavy atom. The van der Waals surface area contributed by atoms with Gasteiger partial charge in [-0.05, 0) is 65.6 Å². The van der Waals surface area contributed by atoms with E-state index < -0.39 is 28.5 Å². The van der Waals surface area contributed by atoms with E-state index in [-0.39, 0.29) is 15.5 Å². The Morgan fingerprint density at radius 3 is 2.27 bits per heavy atom. The van der Waals surface area contributed by atoms with Crippen molar-refractivity contribution in [2.24, 2.45) is 0 Å². The number of halogens is 1. The average Bonchev–Trinajstić information content (AvgIpc) is 2.95. The summed E-state index contributed by atoms with van der Waals surface area (Å²) in [5.74, 6) is -0.983. The average molecular weight is 580 g/mol. The molecule has 1 atom stereocenters. The Labute approximate surface area is 239 Å². The standard InChI is InChI=1S/C31H30ClNO6S/c32-26-9-4-8-25(18-26)30(34)21-33(20-24-6-2-1-3-7-24)17-16-23-12-14-28(15-13-23)40(37,38)29-11-5-10-27(19-29)39-22-31(35)36/h1-15,18-19,30,34H,16-17,20-22H2,(H,35,36)/t30-/m1/s1. The molecule has 0 bridgehead atoms. The molecule has 0 saturated heterocycles. The minimum absolute atomic E-state index is 0.0205. The first-order chi connectivity index (χ1) is 19.2. The highest BCUT2D eigenvalue weighted by atomic mass is 35.5. The fourth-order valence-electron chi connectivity index (χ4n) is 4.28. The fourth-order valence-corrected chi connectivity index (χ4v) is 5.77. The summed E-state index contributed by atoms with van der Waals surface area (Å²) in [6, 6.07) is 29.7. The van der Waals surface area contributed by atoms with Crippen molar-refractivity contribution in [2.45, 2.75) is 28.9 Å². The lowest BCUT2D eigenvalue weighted by molar-refractivity contribution is -0.139. The van der Waals surface area contributed by atoms with Gasteiger partial charge >= 0.3 is 5.97 Å². The molecule has 0 fully saturated rings. The number of carboxylic acids is 1. The number of carboxylic acid groups (broad SMARTS) is 1. The van der Waals surface area contributed by atoms with Crippen LogP contribution in [0.5, 0.6) is 5.75 Å². The first kappa shape index (κ1) is 29.3. The first-order valence-corrected chi connectivity index (χ1v) is 14.6. The molecule has 9 heteroatoms. The van der Waals surface area contributed by atoms with Crippen molar-refractivity contribution in [1.82, 2.24) is 4.90 Å². The zero-order valence-corrected chi connectivity index (χ0v) is 23.3. The van der Waals surface area contributed by atoms with Crippen LogP contribution in [0.2, 0.25) is 5.02 Å². The van der Waals surface area contributed by atoms with Crippen molar-refractivity contribution in [3.05, 3.63) is 125 Å². The van der Waals surface area contributed by atoms with Crippen LogP contribution in [-0.2, 0) is 27.6 Å². The van der Waals surface area contributed by atoms with Crippen molar-refractivity contribution in [2.75, 3.05) is 19.7 Å². The summed E-state index contributed by atoms with van der Waals surface area (Å²) in [6.07, 6.45) is -0.0707. The normalized spacial score (nSPS) is 12.3. The molecule has 0 radical (unpaired) electrons. The van der Waals surface area contributed by atoms with Gasteiger partial charge in [0.25, 0.3) is 0 Å². The minimum Gasteiger partial charge on any atom is -0.482 e. The van der Waals surface area contributed by atoms with E-state index in [0.717, 1.165) is 16.7 Å². The molecular weight excluding hydrogens is 550 g/mol. The number of aliphatic hydroxyl groups is 1. The lowest BCUT2D eigenvalue weighted by Crippen LogP contribution is -2.30. The van der Waals surface area contributed by atoms with Gasteiger partial charge in [0, 0.05) is 24.7 Å². The van der Waals surface area contributed by atoms with Crippen molar-refractivity contribution in [3.8, 4) is 5.75 Å². The van der Waals surface area contributed by atoms with Gasteiger partial charge in [-0.2, -0.15) is 0 Å². The van der Waals surface area contributed by atoms with Crippen LogP contribution in [0.15, 0.2) is 113 Å². The predicted molar refractivity (Wildman–Crippen MR) is 153 cm³/mol. The lowest BCUT2D eigenvalue weighted by atomic mass is 10.1. The van der Waals surface area contributed by atoms with Crippen LogP contribution in [0.3, 0.4) is 0 Å². The maximum absolute atomic E-state index is 13.2. The molecular formula is C31H30ClNO6S. The number of rotatable bonds is 13. The Balaban J connectivity index is 1.45. The number of hydrogen-bond acceptors (Lipinski definition) is 6. The van der Waals surface area contributed by atoms with Crippen molar-refractivity contribution in [1.29, 1.82) is 0 Å².